The third kappa shape index (κ3) is 43.7. The van der Waals surface area contributed by atoms with E-state index in [2.05, 4.69) is 52.7 Å². The van der Waals surface area contributed by atoms with Gasteiger partial charge in [-0.15, -0.1) is 0 Å². The Morgan fingerprint density at radius 2 is 0.697 bits per heavy atom. The maximum atomic E-state index is 14.1. The van der Waals surface area contributed by atoms with Crippen molar-refractivity contribution in [1.82, 2.24) is 47.9 Å². The summed E-state index contributed by atoms with van der Waals surface area (Å²) in [6.07, 6.45) is -10.0. The Morgan fingerprint density at radius 1 is 0.370 bits per heavy atom. The molecule has 3 heterocycles. The first kappa shape index (κ1) is 106. The van der Waals surface area contributed by atoms with Crippen LogP contribution in [0.2, 0.25) is 0 Å². The number of unbranched alkanes of at least 4 members (excludes halogenated alkanes) is 6. The number of aliphatic hydroxyl groups excluding tert-OH is 9. The van der Waals surface area contributed by atoms with E-state index in [1.165, 1.54) is 20.8 Å². The molecule has 1 unspecified atom stereocenters. The van der Waals surface area contributed by atoms with E-state index in [-0.39, 0.29) is 188 Å². The molecule has 0 aliphatic carbocycles. The largest absolute Gasteiger partial charge is 0.394 e. The van der Waals surface area contributed by atoms with Crippen molar-refractivity contribution in [2.45, 2.75) is 267 Å². The van der Waals surface area contributed by atoms with Crippen molar-refractivity contribution in [3.63, 3.8) is 0 Å². The first-order valence-corrected chi connectivity index (χ1v) is 41.3. The lowest BCUT2D eigenvalue weighted by Crippen LogP contribution is -2.64. The summed E-state index contributed by atoms with van der Waals surface area (Å²) in [6, 6.07) is -3.24. The number of ether oxygens (including phenoxy) is 11. The summed E-state index contributed by atoms with van der Waals surface area (Å²) in [7, 11) is 0. The minimum Gasteiger partial charge on any atom is -0.394 e. The Morgan fingerprint density at radius 3 is 1.02 bits per heavy atom. The Labute approximate surface area is 696 Å². The van der Waals surface area contributed by atoms with Gasteiger partial charge in [0.1, 0.15) is 105 Å². The van der Waals surface area contributed by atoms with Gasteiger partial charge in [0.2, 0.25) is 58.7 Å². The molecule has 0 aromatic heterocycles. The summed E-state index contributed by atoms with van der Waals surface area (Å²) >= 11 is 0. The lowest BCUT2D eigenvalue weighted by atomic mass is 9.71. The standard InChI is InChI=1S/C78H136N10O31/c1-50(2)77(6,79-7)23-19-54(95)18-17-33-109-40-41-113-46-55(96)42-78(24-20-59(97)83-30-37-110-47-62(100)80-27-11-8-14-34-114-74-65(86-51(3)92)71(106)68(103)56(43-89)117-74,25-21-60(98)84-31-38-111-48-63(101)81-28-12-9-15-35-115-75-66(87-52(4)93)72(107)69(104)57(44-90)118-75)26-22-61(99)85-32-39-112-49-64(102)82-29-13-10-16-36-116-76-67(88-53(5)94)73(108)70(105)58(45-91)119-76/h50,56-58,65-76,89-91,103-108H,8-49H2,1-6H3,(H,80,100)(H,81,101)(H,82,102)(H,83,97)(H,84,98)(H,85,99)(H,86,92)(H,87,93)(H,88,94)/t56-,57-,58-,65-,66-,67-,68+,69+,70+,71-,72-,73-,74-,75-,76-,77?/m1/s1. The van der Waals surface area contributed by atoms with Gasteiger partial charge in [0.25, 0.3) is 0 Å². The quantitative estimate of drug-likeness (QED) is 0.0203. The second-order valence-corrected chi connectivity index (χ2v) is 30.5. The fraction of sp³-hybridized carbons (Fsp3) is 0.846. The summed E-state index contributed by atoms with van der Waals surface area (Å²) in [5.41, 5.74) is -1.82. The topological polar surface area (TPSA) is 584 Å². The lowest BCUT2D eigenvalue weighted by Gasteiger charge is -2.42. The van der Waals surface area contributed by atoms with Gasteiger partial charge in [-0.2, -0.15) is 0 Å². The Balaban J connectivity index is 1.61. The van der Waals surface area contributed by atoms with Crippen LogP contribution < -0.4 is 47.9 Å². The Hall–Kier alpha value is -6.74. The van der Waals surface area contributed by atoms with Gasteiger partial charge in [0, 0.05) is 144 Å². The molecule has 0 bridgehead atoms. The SMILES string of the molecule is [C-]#[N+]C(C)(CCC(=O)CCCOCCOCC(=O)CC(CCC(=O)NCCOCC(=O)NCCCCCO[C@@H]1O[C@H](CO)[C@H](O)[C@H](O)[C@H]1NC(C)=O)(CCC(=O)NCCOCC(=O)NCCCCCO[C@@H]1O[C@H](CO)[C@H](O)[C@H](O)[C@H]1NC(C)=O)CCC(=O)NCCOCC(=O)NCCCCCO[C@@H]1O[C@H](CO)[C@H](O)[C@H](O)[C@H]1NC(C)=O)C(C)C. The zero-order chi connectivity index (χ0) is 88.1. The number of amides is 9. The molecule has 119 heavy (non-hydrogen) atoms. The van der Waals surface area contributed by atoms with Crippen molar-refractivity contribution >= 4 is 64.7 Å². The maximum Gasteiger partial charge on any atom is 0.245 e. The first-order valence-electron chi connectivity index (χ1n) is 41.3. The van der Waals surface area contributed by atoms with E-state index in [0.717, 1.165) is 0 Å². The zero-order valence-corrected chi connectivity index (χ0v) is 69.9. The number of nitrogens with one attached hydrogen (secondary N) is 9. The number of Topliss-reactive ketones (excluding diaryl/α,β-unsaturated/α-hetero) is 2. The van der Waals surface area contributed by atoms with Gasteiger partial charge in [0.15, 0.2) is 24.7 Å². The molecule has 0 saturated carbocycles. The minimum atomic E-state index is -1.45. The van der Waals surface area contributed by atoms with Crippen LogP contribution in [0.5, 0.6) is 0 Å². The van der Waals surface area contributed by atoms with E-state index < -0.39 is 188 Å². The molecule has 3 saturated heterocycles. The lowest BCUT2D eigenvalue weighted by molar-refractivity contribution is -0.270. The molecule has 3 rings (SSSR count). The molecule has 41 nitrogen and oxygen atoms in total. The molecule has 18 N–H and O–H groups in total. The van der Waals surface area contributed by atoms with E-state index in [0.29, 0.717) is 70.6 Å². The van der Waals surface area contributed by atoms with Crippen molar-refractivity contribution < 1.29 is 151 Å². The van der Waals surface area contributed by atoms with Gasteiger partial charge in [-0.25, -0.2) is 6.57 Å². The smallest absolute Gasteiger partial charge is 0.245 e. The fourth-order valence-corrected chi connectivity index (χ4v) is 13.0. The molecule has 3 aliphatic heterocycles. The highest BCUT2D eigenvalue weighted by Gasteiger charge is 2.48. The van der Waals surface area contributed by atoms with Crippen molar-refractivity contribution in [2.24, 2.45) is 11.3 Å². The summed E-state index contributed by atoms with van der Waals surface area (Å²) < 4.78 is 62.0. The van der Waals surface area contributed by atoms with Crippen LogP contribution in [0, 0.1) is 17.9 Å². The minimum absolute atomic E-state index is 0.0000963. The number of carbonyl (C=O) groups is 11. The van der Waals surface area contributed by atoms with Crippen molar-refractivity contribution in [3.05, 3.63) is 11.4 Å². The number of ketones is 2. The highest BCUT2D eigenvalue weighted by Crippen LogP contribution is 2.40. The molecule has 3 fully saturated rings. The van der Waals surface area contributed by atoms with Crippen molar-refractivity contribution in [2.75, 3.05) is 145 Å². The van der Waals surface area contributed by atoms with Gasteiger partial charge in [-0.3, -0.25) is 52.7 Å². The molecular weight excluding hydrogens is 1570 g/mol. The van der Waals surface area contributed by atoms with Crippen LogP contribution >= 0.6 is 0 Å². The van der Waals surface area contributed by atoms with Crippen LogP contribution in [0.15, 0.2) is 0 Å². The Kier molecular flexibility index (Phi) is 54.3. The fourth-order valence-electron chi connectivity index (χ4n) is 13.0. The van der Waals surface area contributed by atoms with Crippen molar-refractivity contribution in [3.8, 4) is 0 Å². The monoisotopic (exact) mass is 1710 g/mol. The number of aliphatic hydroxyl groups is 9. The van der Waals surface area contributed by atoms with Gasteiger partial charge >= 0.3 is 0 Å². The molecule has 684 valence electrons. The number of carbonyl (C=O) groups excluding carboxylic acids is 11. The average molecular weight is 1710 g/mol. The summed E-state index contributed by atoms with van der Waals surface area (Å²) in [6.45, 7) is 15.2. The molecule has 3 aliphatic rings. The third-order valence-corrected chi connectivity index (χ3v) is 20.4. The molecule has 0 aromatic carbocycles. The van der Waals surface area contributed by atoms with Crippen LogP contribution in [0.1, 0.15) is 170 Å². The first-order chi connectivity index (χ1) is 56.8. The number of nitrogens with zero attached hydrogens (tertiary/aromatic N) is 1. The molecule has 0 aromatic rings. The summed E-state index contributed by atoms with van der Waals surface area (Å²) in [4.78, 5) is 145. The molecule has 0 spiro atoms. The maximum absolute atomic E-state index is 14.1. The number of rotatable bonds is 66. The van der Waals surface area contributed by atoms with E-state index in [4.69, 9.17) is 58.7 Å². The van der Waals surface area contributed by atoms with Gasteiger partial charge in [-0.1, -0.05) is 13.8 Å². The second-order valence-electron chi connectivity index (χ2n) is 30.5. The van der Waals surface area contributed by atoms with Crippen LogP contribution in [0.25, 0.3) is 4.85 Å². The van der Waals surface area contributed by atoms with E-state index in [9.17, 15) is 98.7 Å². The van der Waals surface area contributed by atoms with Gasteiger partial charge in [-0.05, 0) is 88.9 Å². The predicted molar refractivity (Wildman–Crippen MR) is 421 cm³/mol. The van der Waals surface area contributed by atoms with Crippen LogP contribution in [0.4, 0.5) is 0 Å². The normalized spacial score (nSPS) is 23.6. The van der Waals surface area contributed by atoms with E-state index in [1.807, 2.05) is 20.8 Å². The average Bonchev–Trinajstić information content (AvgIpc) is 0.808. The van der Waals surface area contributed by atoms with Crippen LogP contribution in [-0.2, 0) is 105 Å². The van der Waals surface area contributed by atoms with Crippen LogP contribution in [-0.4, -0.2) is 353 Å². The van der Waals surface area contributed by atoms with E-state index in [1.54, 1.807) is 0 Å². The highest BCUT2D eigenvalue weighted by molar-refractivity contribution is 5.82. The summed E-state index contributed by atoms with van der Waals surface area (Å²) in [5.74, 6) is -4.48. The highest BCUT2D eigenvalue weighted by atomic mass is 16.7. The van der Waals surface area contributed by atoms with Gasteiger partial charge in [0.05, 0.1) is 52.9 Å². The molecule has 0 radical (unpaired) electrons. The molecule has 16 atom stereocenters. The zero-order valence-electron chi connectivity index (χ0n) is 69.9. The number of hydrogen-bond donors (Lipinski definition) is 18. The predicted octanol–water partition coefficient (Wildman–Crippen LogP) is -4.09. The second kappa shape index (κ2) is 60.7. The number of hydrogen-bond acceptors (Lipinski definition) is 31. The molecule has 9 amide bonds. The van der Waals surface area contributed by atoms with Gasteiger partial charge < -0.3 is 151 Å². The summed E-state index contributed by atoms with van der Waals surface area (Å²) in [5, 5.41) is 115. The Bertz CT molecular complexity index is 2790. The van der Waals surface area contributed by atoms with Crippen LogP contribution in [0.3, 0.4) is 0 Å². The third-order valence-electron chi connectivity index (χ3n) is 20.4. The molecule has 41 heteroatoms. The van der Waals surface area contributed by atoms with E-state index >= 15 is 0 Å². The molecular formula is C78H136N10O31. The van der Waals surface area contributed by atoms with Crippen molar-refractivity contribution in [1.29, 1.82) is 0 Å².